The molecule has 1 aromatic rings. The fourth-order valence-electron chi connectivity index (χ4n) is 3.15. The van der Waals surface area contributed by atoms with Gasteiger partial charge in [0.1, 0.15) is 6.17 Å². The third-order valence-corrected chi connectivity index (χ3v) is 4.65. The first kappa shape index (κ1) is 15.2. The molecule has 0 unspecified atom stereocenters. The van der Waals surface area contributed by atoms with Crippen molar-refractivity contribution in [3.63, 3.8) is 0 Å². The van der Waals surface area contributed by atoms with Crippen LogP contribution in [0.1, 0.15) is 37.9 Å². The molecule has 1 aliphatic carbocycles. The third kappa shape index (κ3) is 3.05. The molecule has 120 valence electrons. The van der Waals surface area contributed by atoms with Gasteiger partial charge in [0.15, 0.2) is 0 Å². The van der Waals surface area contributed by atoms with Gasteiger partial charge in [0.2, 0.25) is 5.91 Å². The van der Waals surface area contributed by atoms with E-state index in [9.17, 15) is 9.18 Å². The molecular weight excluding hydrogens is 283 g/mol. The molecule has 4 atom stereocenters. The van der Waals surface area contributed by atoms with Gasteiger partial charge in [-0.3, -0.25) is 4.79 Å². The molecule has 6 heteroatoms. The lowest BCUT2D eigenvalue weighted by Gasteiger charge is -2.15. The highest BCUT2D eigenvalue weighted by atomic mass is 19.1. The Morgan fingerprint density at radius 3 is 3.00 bits per heavy atom. The Morgan fingerprint density at radius 2 is 2.32 bits per heavy atom. The zero-order valence-electron chi connectivity index (χ0n) is 13.0. The van der Waals surface area contributed by atoms with E-state index in [0.29, 0.717) is 25.4 Å². The summed E-state index contributed by atoms with van der Waals surface area (Å²) >= 11 is 0. The van der Waals surface area contributed by atoms with E-state index < -0.39 is 12.1 Å². The summed E-state index contributed by atoms with van der Waals surface area (Å²) in [5.41, 5.74) is 0.977. The van der Waals surface area contributed by atoms with Gasteiger partial charge in [0.05, 0.1) is 17.7 Å². The number of likely N-dealkylation sites (tertiary alicyclic amines) is 1. The van der Waals surface area contributed by atoms with E-state index in [1.165, 1.54) is 0 Å². The maximum Gasteiger partial charge on any atom is 0.228 e. The molecule has 22 heavy (non-hydrogen) atoms. The number of amides is 1. The van der Waals surface area contributed by atoms with Gasteiger partial charge >= 0.3 is 0 Å². The van der Waals surface area contributed by atoms with E-state index in [1.54, 1.807) is 4.90 Å². The van der Waals surface area contributed by atoms with Crippen LogP contribution in [0.4, 0.5) is 4.39 Å². The van der Waals surface area contributed by atoms with Crippen LogP contribution in [-0.4, -0.2) is 45.1 Å². The van der Waals surface area contributed by atoms with Crippen molar-refractivity contribution in [1.29, 1.82) is 0 Å². The summed E-state index contributed by atoms with van der Waals surface area (Å²) in [6.07, 6.45) is 6.24. The Kier molecular flexibility index (Phi) is 4.27. The summed E-state index contributed by atoms with van der Waals surface area (Å²) in [7, 11) is 0. The maximum absolute atomic E-state index is 13.1. The van der Waals surface area contributed by atoms with Crippen molar-refractivity contribution in [2.75, 3.05) is 13.1 Å². The summed E-state index contributed by atoms with van der Waals surface area (Å²) in [4.78, 5) is 13.9. The van der Waals surface area contributed by atoms with Crippen LogP contribution in [0.5, 0.6) is 0 Å². The number of carbonyl (C=O) groups is 1. The summed E-state index contributed by atoms with van der Waals surface area (Å²) in [5, 5.41) is 8.44. The minimum absolute atomic E-state index is 0.0341. The molecule has 5 nitrogen and oxygen atoms in total. The Hall–Kier alpha value is -1.72. The van der Waals surface area contributed by atoms with Crippen molar-refractivity contribution in [1.82, 2.24) is 19.9 Å². The number of rotatable bonds is 6. The van der Waals surface area contributed by atoms with Crippen LogP contribution in [0, 0.1) is 11.8 Å². The highest BCUT2D eigenvalue weighted by Gasteiger charge is 2.48. The zero-order valence-corrected chi connectivity index (χ0v) is 13.0. The summed E-state index contributed by atoms with van der Waals surface area (Å²) in [5.74, 6) is -0.118. The van der Waals surface area contributed by atoms with Crippen molar-refractivity contribution in [3.05, 3.63) is 24.5 Å². The van der Waals surface area contributed by atoms with Crippen LogP contribution in [0.3, 0.4) is 0 Å². The van der Waals surface area contributed by atoms with Gasteiger partial charge in [0.25, 0.3) is 0 Å². The van der Waals surface area contributed by atoms with Crippen LogP contribution in [0.25, 0.3) is 0 Å². The van der Waals surface area contributed by atoms with Gasteiger partial charge in [0, 0.05) is 19.3 Å². The smallest absolute Gasteiger partial charge is 0.228 e. The first-order chi connectivity index (χ1) is 10.6. The molecule has 2 fully saturated rings. The second kappa shape index (κ2) is 6.18. The SMILES string of the molecule is C=CCCCc1cn([C@H]2CN(C(=O)[C@@H]3C[C@@H]3F)C[C@H]2C)nn1. The molecule has 1 aromatic heterocycles. The first-order valence-corrected chi connectivity index (χ1v) is 8.04. The average Bonchev–Trinajstić information content (AvgIpc) is 2.88. The van der Waals surface area contributed by atoms with Crippen molar-refractivity contribution in [2.45, 2.75) is 44.8 Å². The molecular formula is C16H23FN4O. The zero-order chi connectivity index (χ0) is 15.7. The van der Waals surface area contributed by atoms with Gasteiger partial charge in [-0.1, -0.05) is 18.2 Å². The van der Waals surface area contributed by atoms with E-state index >= 15 is 0 Å². The lowest BCUT2D eigenvalue weighted by atomic mass is 10.1. The van der Waals surface area contributed by atoms with Gasteiger partial charge in [-0.05, 0) is 31.6 Å². The number of carbonyl (C=O) groups excluding carboxylic acids is 1. The molecule has 2 aliphatic rings. The maximum atomic E-state index is 13.1. The molecule has 0 aromatic carbocycles. The first-order valence-electron chi connectivity index (χ1n) is 8.04. The number of aromatic nitrogens is 3. The van der Waals surface area contributed by atoms with E-state index in [1.807, 2.05) is 17.0 Å². The fourth-order valence-corrected chi connectivity index (χ4v) is 3.15. The van der Waals surface area contributed by atoms with Gasteiger partial charge in [-0.25, -0.2) is 9.07 Å². The van der Waals surface area contributed by atoms with Gasteiger partial charge in [-0.2, -0.15) is 0 Å². The predicted molar refractivity (Wildman–Crippen MR) is 80.9 cm³/mol. The number of halogens is 1. The molecule has 0 N–H and O–H groups in total. The molecule has 0 radical (unpaired) electrons. The van der Waals surface area contributed by atoms with Gasteiger partial charge in [-0.15, -0.1) is 11.7 Å². The predicted octanol–water partition coefficient (Wildman–Crippen LogP) is 2.16. The third-order valence-electron chi connectivity index (χ3n) is 4.65. The quantitative estimate of drug-likeness (QED) is 0.598. The summed E-state index contributed by atoms with van der Waals surface area (Å²) in [6.45, 7) is 7.11. The van der Waals surface area contributed by atoms with Crippen molar-refractivity contribution in [2.24, 2.45) is 11.8 Å². The number of aryl methyl sites for hydroxylation is 1. The van der Waals surface area contributed by atoms with Crippen molar-refractivity contribution >= 4 is 5.91 Å². The van der Waals surface area contributed by atoms with E-state index in [0.717, 1.165) is 25.0 Å². The van der Waals surface area contributed by atoms with E-state index in [4.69, 9.17) is 0 Å². The highest BCUT2D eigenvalue weighted by molar-refractivity contribution is 5.82. The lowest BCUT2D eigenvalue weighted by Crippen LogP contribution is -2.31. The van der Waals surface area contributed by atoms with Crippen LogP contribution in [0.2, 0.25) is 0 Å². The van der Waals surface area contributed by atoms with Crippen LogP contribution < -0.4 is 0 Å². The Labute approximate surface area is 130 Å². The second-order valence-corrected chi connectivity index (χ2v) is 6.52. The largest absolute Gasteiger partial charge is 0.340 e. The van der Waals surface area contributed by atoms with Crippen LogP contribution in [0.15, 0.2) is 18.9 Å². The second-order valence-electron chi connectivity index (χ2n) is 6.52. The number of unbranched alkanes of at least 4 members (excludes halogenated alkanes) is 1. The number of alkyl halides is 1. The molecule has 0 spiro atoms. The average molecular weight is 306 g/mol. The number of nitrogens with zero attached hydrogens (tertiary/aromatic N) is 4. The number of hydrogen-bond donors (Lipinski definition) is 0. The van der Waals surface area contributed by atoms with Gasteiger partial charge < -0.3 is 4.90 Å². The molecule has 2 heterocycles. The standard InChI is InChI=1S/C16H23FN4O/c1-3-4-5-6-12-9-21(19-18-12)15-10-20(8-11(15)2)16(22)13-7-14(13)17/h3,9,11,13-15H,1,4-8,10H2,2H3/t11-,13-,14+,15+/m1/s1. The van der Waals surface area contributed by atoms with Crippen molar-refractivity contribution < 1.29 is 9.18 Å². The lowest BCUT2D eigenvalue weighted by molar-refractivity contribution is -0.132. The molecule has 3 rings (SSSR count). The van der Waals surface area contributed by atoms with Crippen molar-refractivity contribution in [3.8, 4) is 0 Å². The summed E-state index contributed by atoms with van der Waals surface area (Å²) in [6, 6.07) is 0.140. The van der Waals surface area contributed by atoms with E-state index in [-0.39, 0.29) is 11.9 Å². The molecule has 1 amide bonds. The fraction of sp³-hybridized carbons (Fsp3) is 0.688. The normalized spacial score (nSPS) is 30.5. The summed E-state index contributed by atoms with van der Waals surface area (Å²) < 4.78 is 14.9. The number of hydrogen-bond acceptors (Lipinski definition) is 3. The molecule has 1 aliphatic heterocycles. The Morgan fingerprint density at radius 1 is 1.55 bits per heavy atom. The monoisotopic (exact) mass is 306 g/mol. The topological polar surface area (TPSA) is 51.0 Å². The minimum Gasteiger partial charge on any atom is -0.340 e. The molecule has 0 bridgehead atoms. The highest BCUT2D eigenvalue weighted by Crippen LogP contribution is 2.38. The minimum atomic E-state index is -0.926. The molecule has 1 saturated heterocycles. The number of allylic oxidation sites excluding steroid dienone is 1. The van der Waals surface area contributed by atoms with Crippen LogP contribution in [-0.2, 0) is 11.2 Å². The van der Waals surface area contributed by atoms with Crippen LogP contribution >= 0.6 is 0 Å². The molecule has 1 saturated carbocycles. The van der Waals surface area contributed by atoms with E-state index in [2.05, 4.69) is 23.8 Å². The Balaban J connectivity index is 1.60. The Bertz CT molecular complexity index is 558.